The summed E-state index contributed by atoms with van der Waals surface area (Å²) in [5.74, 6) is -0.891. The van der Waals surface area contributed by atoms with Crippen LogP contribution in [0.2, 0.25) is 0 Å². The van der Waals surface area contributed by atoms with E-state index in [1.165, 1.54) is 24.3 Å². The number of methoxy groups -OCH3 is 1. The van der Waals surface area contributed by atoms with E-state index in [4.69, 9.17) is 4.74 Å². The van der Waals surface area contributed by atoms with Crippen LogP contribution in [-0.4, -0.2) is 29.8 Å². The molecule has 3 aromatic rings. The Morgan fingerprint density at radius 3 is 2.09 bits per heavy atom. The number of carbonyl (C=O) groups excluding carboxylic acids is 3. The van der Waals surface area contributed by atoms with Crippen LogP contribution in [-0.2, 0) is 9.59 Å². The molecule has 0 unspecified atom stereocenters. The van der Waals surface area contributed by atoms with Gasteiger partial charge in [0.05, 0.1) is 17.6 Å². The van der Waals surface area contributed by atoms with E-state index in [2.05, 4.69) is 16.0 Å². The first kappa shape index (κ1) is 22.2. The van der Waals surface area contributed by atoms with Crippen molar-refractivity contribution in [3.05, 3.63) is 99.7 Å². The molecule has 3 N–H and O–H groups in total. The first-order valence-electron chi connectivity index (χ1n) is 10.0. The Morgan fingerprint density at radius 1 is 0.882 bits per heavy atom. The second-order valence-corrected chi connectivity index (χ2v) is 7.22. The van der Waals surface area contributed by atoms with E-state index in [1.807, 2.05) is 0 Å². The van der Waals surface area contributed by atoms with Gasteiger partial charge in [0.15, 0.2) is 0 Å². The SMILES string of the molecule is COc1ccc(NC(=O)c2ccc(NC3=C(c4ccc([N+](=O)[O-])cc4)C(=O)NC3=O)cc2)cc1. The van der Waals surface area contributed by atoms with Gasteiger partial charge in [-0.2, -0.15) is 0 Å². The zero-order valence-corrected chi connectivity index (χ0v) is 17.8. The number of imide groups is 1. The monoisotopic (exact) mass is 458 g/mol. The van der Waals surface area contributed by atoms with Gasteiger partial charge in [0.25, 0.3) is 23.4 Å². The van der Waals surface area contributed by atoms with Gasteiger partial charge in [-0.1, -0.05) is 0 Å². The quantitative estimate of drug-likeness (QED) is 0.280. The fourth-order valence-electron chi connectivity index (χ4n) is 3.33. The number of benzene rings is 3. The fraction of sp³-hybridized carbons (Fsp3) is 0.0417. The molecule has 3 amide bonds. The highest BCUT2D eigenvalue weighted by Gasteiger charge is 2.31. The number of carbonyl (C=O) groups is 3. The first-order valence-corrected chi connectivity index (χ1v) is 10.0. The number of rotatable bonds is 7. The molecule has 0 atom stereocenters. The molecule has 0 aromatic heterocycles. The maximum absolute atomic E-state index is 12.5. The van der Waals surface area contributed by atoms with Gasteiger partial charge >= 0.3 is 0 Å². The third-order valence-electron chi connectivity index (χ3n) is 5.06. The van der Waals surface area contributed by atoms with E-state index < -0.39 is 16.7 Å². The summed E-state index contributed by atoms with van der Waals surface area (Å²) in [6.45, 7) is 0. The predicted octanol–water partition coefficient (Wildman–Crippen LogP) is 3.34. The lowest BCUT2D eigenvalue weighted by molar-refractivity contribution is -0.384. The third kappa shape index (κ3) is 4.60. The van der Waals surface area contributed by atoms with Gasteiger partial charge in [0, 0.05) is 29.1 Å². The zero-order chi connectivity index (χ0) is 24.2. The molecule has 1 aliphatic rings. The summed E-state index contributed by atoms with van der Waals surface area (Å²) in [7, 11) is 1.55. The van der Waals surface area contributed by atoms with Crippen LogP contribution < -0.4 is 20.7 Å². The molecule has 0 radical (unpaired) electrons. The number of non-ortho nitro benzene ring substituents is 1. The van der Waals surface area contributed by atoms with Gasteiger partial charge < -0.3 is 15.4 Å². The lowest BCUT2D eigenvalue weighted by atomic mass is 10.0. The molecule has 0 bridgehead atoms. The molecule has 0 saturated carbocycles. The molecule has 0 aliphatic carbocycles. The molecular formula is C24H18N4O6. The Balaban J connectivity index is 1.52. The Labute approximate surface area is 193 Å². The highest BCUT2D eigenvalue weighted by molar-refractivity contribution is 6.36. The topological polar surface area (TPSA) is 140 Å². The smallest absolute Gasteiger partial charge is 0.275 e. The molecule has 10 heteroatoms. The summed E-state index contributed by atoms with van der Waals surface area (Å²) in [5.41, 5.74) is 1.76. The largest absolute Gasteiger partial charge is 0.497 e. The van der Waals surface area contributed by atoms with Gasteiger partial charge in [-0.15, -0.1) is 0 Å². The van der Waals surface area contributed by atoms with Crippen LogP contribution in [0.5, 0.6) is 5.75 Å². The van der Waals surface area contributed by atoms with Crippen molar-refractivity contribution in [1.82, 2.24) is 5.32 Å². The third-order valence-corrected chi connectivity index (χ3v) is 5.06. The average molecular weight is 458 g/mol. The summed E-state index contributed by atoms with van der Waals surface area (Å²) in [6, 6.07) is 18.5. The van der Waals surface area contributed by atoms with E-state index in [1.54, 1.807) is 55.6 Å². The Kier molecular flexibility index (Phi) is 6.04. The Bertz CT molecular complexity index is 1310. The second-order valence-electron chi connectivity index (χ2n) is 7.22. The highest BCUT2D eigenvalue weighted by Crippen LogP contribution is 2.27. The molecule has 10 nitrogen and oxygen atoms in total. The Morgan fingerprint density at radius 2 is 1.50 bits per heavy atom. The summed E-state index contributed by atoms with van der Waals surface area (Å²) in [4.78, 5) is 47.5. The van der Waals surface area contributed by atoms with Crippen LogP contribution in [0.25, 0.3) is 5.57 Å². The number of amides is 3. The molecule has 170 valence electrons. The zero-order valence-electron chi connectivity index (χ0n) is 17.8. The molecule has 3 aromatic carbocycles. The van der Waals surface area contributed by atoms with E-state index >= 15 is 0 Å². The van der Waals surface area contributed by atoms with Crippen LogP contribution in [0, 0.1) is 10.1 Å². The normalized spacial score (nSPS) is 12.9. The van der Waals surface area contributed by atoms with E-state index in [0.29, 0.717) is 28.3 Å². The second kappa shape index (κ2) is 9.25. The highest BCUT2D eigenvalue weighted by atomic mass is 16.6. The lowest BCUT2D eigenvalue weighted by Gasteiger charge is -2.10. The van der Waals surface area contributed by atoms with Crippen LogP contribution in [0.4, 0.5) is 17.1 Å². The summed E-state index contributed by atoms with van der Waals surface area (Å²) in [5, 5.41) is 18.8. The number of nitrogens with one attached hydrogen (secondary N) is 3. The molecular weight excluding hydrogens is 440 g/mol. The molecule has 0 spiro atoms. The van der Waals surface area contributed by atoms with Gasteiger partial charge in [-0.3, -0.25) is 29.8 Å². The number of hydrogen-bond donors (Lipinski definition) is 3. The maximum atomic E-state index is 12.5. The summed E-state index contributed by atoms with van der Waals surface area (Å²) in [6.07, 6.45) is 0. The number of hydrogen-bond acceptors (Lipinski definition) is 7. The molecule has 34 heavy (non-hydrogen) atoms. The van der Waals surface area contributed by atoms with Gasteiger partial charge in [-0.05, 0) is 66.2 Å². The lowest BCUT2D eigenvalue weighted by Crippen LogP contribution is -2.24. The van der Waals surface area contributed by atoms with E-state index in [9.17, 15) is 24.5 Å². The van der Waals surface area contributed by atoms with Gasteiger partial charge in [-0.25, -0.2) is 0 Å². The standard InChI is InChI=1S/C24H18N4O6/c1-34-19-12-8-17(9-13-19)26-22(29)15-2-6-16(7-3-15)25-21-20(23(30)27-24(21)31)14-4-10-18(11-5-14)28(32)33/h2-13H,1H3,(H,26,29)(H2,25,27,30,31). The van der Waals surface area contributed by atoms with Crippen molar-refractivity contribution in [2.45, 2.75) is 0 Å². The van der Waals surface area contributed by atoms with Crippen molar-refractivity contribution in [2.24, 2.45) is 0 Å². The van der Waals surface area contributed by atoms with Crippen LogP contribution in [0.15, 0.2) is 78.5 Å². The van der Waals surface area contributed by atoms with E-state index in [0.717, 1.165) is 0 Å². The van der Waals surface area contributed by atoms with Gasteiger partial charge in [0.1, 0.15) is 11.4 Å². The Hall–Kier alpha value is -4.99. The van der Waals surface area contributed by atoms with Crippen molar-refractivity contribution >= 4 is 40.4 Å². The molecule has 1 heterocycles. The fourth-order valence-corrected chi connectivity index (χ4v) is 3.33. The number of nitro benzene ring substituents is 1. The van der Waals surface area contributed by atoms with Crippen molar-refractivity contribution in [3.63, 3.8) is 0 Å². The van der Waals surface area contributed by atoms with Crippen molar-refractivity contribution < 1.29 is 24.0 Å². The maximum Gasteiger partial charge on any atom is 0.275 e. The number of nitro groups is 1. The van der Waals surface area contributed by atoms with Crippen molar-refractivity contribution in [2.75, 3.05) is 17.7 Å². The summed E-state index contributed by atoms with van der Waals surface area (Å²) < 4.78 is 5.09. The van der Waals surface area contributed by atoms with Crippen molar-refractivity contribution in [1.29, 1.82) is 0 Å². The minimum Gasteiger partial charge on any atom is -0.497 e. The number of anilines is 2. The predicted molar refractivity (Wildman–Crippen MR) is 124 cm³/mol. The van der Waals surface area contributed by atoms with Crippen LogP contribution >= 0.6 is 0 Å². The minimum absolute atomic E-state index is 0.00860. The van der Waals surface area contributed by atoms with Crippen molar-refractivity contribution in [3.8, 4) is 5.75 Å². The van der Waals surface area contributed by atoms with Gasteiger partial charge in [0.2, 0.25) is 0 Å². The molecule has 0 fully saturated rings. The molecule has 1 aliphatic heterocycles. The van der Waals surface area contributed by atoms with Crippen LogP contribution in [0.3, 0.4) is 0 Å². The first-order chi connectivity index (χ1) is 16.4. The minimum atomic E-state index is -0.625. The molecule has 0 saturated heterocycles. The summed E-state index contributed by atoms with van der Waals surface area (Å²) >= 11 is 0. The van der Waals surface area contributed by atoms with E-state index in [-0.39, 0.29) is 22.9 Å². The molecule has 4 rings (SSSR count). The number of nitrogens with zero attached hydrogens (tertiary/aromatic N) is 1. The van der Waals surface area contributed by atoms with Crippen LogP contribution in [0.1, 0.15) is 15.9 Å². The number of ether oxygens (including phenoxy) is 1. The average Bonchev–Trinajstić information content (AvgIpc) is 3.12.